The predicted molar refractivity (Wildman–Crippen MR) is 63.0 cm³/mol. The van der Waals surface area contributed by atoms with Crippen LogP contribution in [0.25, 0.3) is 0 Å². The topological polar surface area (TPSA) is 76.4 Å². The molecule has 5 heteroatoms. The molecule has 0 saturated heterocycles. The van der Waals surface area contributed by atoms with Crippen molar-refractivity contribution >= 4 is 11.9 Å². The number of rotatable bonds is 4. The maximum absolute atomic E-state index is 11.6. The van der Waals surface area contributed by atoms with Gasteiger partial charge in [0.1, 0.15) is 0 Å². The number of ether oxygens (including phenoxy) is 2. The molecule has 0 aromatic carbocycles. The fourth-order valence-corrected chi connectivity index (χ4v) is 1.89. The Morgan fingerprint density at radius 2 is 1.83 bits per heavy atom. The van der Waals surface area contributed by atoms with Crippen molar-refractivity contribution in [1.82, 2.24) is 0 Å². The number of nitriles is 1. The van der Waals surface area contributed by atoms with E-state index in [1.54, 1.807) is 13.8 Å². The van der Waals surface area contributed by atoms with Crippen LogP contribution in [0.5, 0.6) is 0 Å². The summed E-state index contributed by atoms with van der Waals surface area (Å²) >= 11 is 0. The third-order valence-corrected chi connectivity index (χ3v) is 3.12. The van der Waals surface area contributed by atoms with Gasteiger partial charge in [0.05, 0.1) is 17.9 Å². The zero-order chi connectivity index (χ0) is 13.5. The van der Waals surface area contributed by atoms with Crippen molar-refractivity contribution in [1.29, 1.82) is 5.26 Å². The van der Waals surface area contributed by atoms with E-state index in [0.717, 1.165) is 12.8 Å². The number of nitrogens with zero attached hydrogens (tertiary/aromatic N) is 1. The monoisotopic (exact) mass is 253 g/mol. The Bertz CT molecular complexity index is 337. The van der Waals surface area contributed by atoms with E-state index in [0.29, 0.717) is 12.8 Å². The lowest BCUT2D eigenvalue weighted by Gasteiger charge is -2.23. The van der Waals surface area contributed by atoms with E-state index in [1.165, 1.54) is 0 Å². The Kier molecular flexibility index (Phi) is 5.63. The van der Waals surface area contributed by atoms with Crippen molar-refractivity contribution in [2.45, 2.75) is 39.5 Å². The van der Waals surface area contributed by atoms with Gasteiger partial charge in [0.15, 0.2) is 0 Å². The minimum Gasteiger partial charge on any atom is -0.428 e. The molecule has 0 aromatic heterocycles. The number of carbonyl (C=O) groups is 2. The summed E-state index contributed by atoms with van der Waals surface area (Å²) in [4.78, 5) is 22.8. The first-order chi connectivity index (χ1) is 8.54. The van der Waals surface area contributed by atoms with Gasteiger partial charge >= 0.3 is 11.9 Å². The number of esters is 2. The third kappa shape index (κ3) is 4.36. The normalized spacial score (nSPS) is 23.2. The van der Waals surface area contributed by atoms with Gasteiger partial charge in [-0.3, -0.25) is 9.59 Å². The summed E-state index contributed by atoms with van der Waals surface area (Å²) in [6.07, 6.45) is 2.83. The third-order valence-electron chi connectivity index (χ3n) is 3.12. The van der Waals surface area contributed by atoms with E-state index in [1.807, 2.05) is 0 Å². The van der Waals surface area contributed by atoms with Crippen LogP contribution in [0.3, 0.4) is 0 Å². The summed E-state index contributed by atoms with van der Waals surface area (Å²) in [6, 6.07) is 2.21. The zero-order valence-electron chi connectivity index (χ0n) is 10.8. The van der Waals surface area contributed by atoms with Gasteiger partial charge < -0.3 is 9.47 Å². The summed E-state index contributed by atoms with van der Waals surface area (Å²) in [5.41, 5.74) is 0. The molecule has 0 atom stereocenters. The van der Waals surface area contributed by atoms with Crippen LogP contribution >= 0.6 is 0 Å². The Morgan fingerprint density at radius 1 is 1.22 bits per heavy atom. The van der Waals surface area contributed by atoms with Crippen LogP contribution in [0.1, 0.15) is 39.5 Å². The second-order valence-corrected chi connectivity index (χ2v) is 4.88. The van der Waals surface area contributed by atoms with Crippen LogP contribution in [0.15, 0.2) is 0 Å². The molecule has 1 rings (SSSR count). The van der Waals surface area contributed by atoms with Gasteiger partial charge in [0, 0.05) is 5.92 Å². The van der Waals surface area contributed by atoms with Gasteiger partial charge in [0.2, 0.25) is 6.79 Å². The van der Waals surface area contributed by atoms with Gasteiger partial charge in [-0.1, -0.05) is 13.8 Å². The lowest BCUT2D eigenvalue weighted by molar-refractivity contribution is -0.172. The summed E-state index contributed by atoms with van der Waals surface area (Å²) in [5.74, 6) is -1.03. The number of hydrogen-bond donors (Lipinski definition) is 0. The van der Waals surface area contributed by atoms with Crippen molar-refractivity contribution in [2.24, 2.45) is 17.8 Å². The molecule has 18 heavy (non-hydrogen) atoms. The van der Waals surface area contributed by atoms with Crippen molar-refractivity contribution in [2.75, 3.05) is 6.79 Å². The van der Waals surface area contributed by atoms with Gasteiger partial charge in [0.25, 0.3) is 0 Å². The minimum absolute atomic E-state index is 0.0628. The molecule has 0 bridgehead atoms. The average molecular weight is 253 g/mol. The lowest BCUT2D eigenvalue weighted by atomic mass is 9.83. The van der Waals surface area contributed by atoms with Gasteiger partial charge in [-0.15, -0.1) is 0 Å². The molecule has 0 amide bonds. The molecule has 0 aromatic rings. The van der Waals surface area contributed by atoms with E-state index in [2.05, 4.69) is 6.07 Å². The number of hydrogen-bond acceptors (Lipinski definition) is 5. The Labute approximate surface area is 107 Å². The van der Waals surface area contributed by atoms with Crippen LogP contribution in [0.2, 0.25) is 0 Å². The molecule has 100 valence electrons. The largest absolute Gasteiger partial charge is 0.428 e. The van der Waals surface area contributed by atoms with E-state index in [4.69, 9.17) is 14.7 Å². The molecule has 1 aliphatic carbocycles. The fraction of sp³-hybridized carbons (Fsp3) is 0.769. The SMILES string of the molecule is CC(C)C(=O)OCOC(=O)[C@H]1CC[C@H](C#N)CC1. The molecule has 5 nitrogen and oxygen atoms in total. The van der Waals surface area contributed by atoms with Crippen LogP contribution in [0.4, 0.5) is 0 Å². The Morgan fingerprint density at radius 3 is 2.33 bits per heavy atom. The highest BCUT2D eigenvalue weighted by atomic mass is 16.7. The van der Waals surface area contributed by atoms with Crippen LogP contribution < -0.4 is 0 Å². The molecular formula is C13H19NO4. The summed E-state index contributed by atoms with van der Waals surface area (Å²) < 4.78 is 9.68. The van der Waals surface area contributed by atoms with E-state index < -0.39 is 0 Å². The smallest absolute Gasteiger partial charge is 0.311 e. The lowest BCUT2D eigenvalue weighted by Crippen LogP contribution is -2.25. The molecular weight excluding hydrogens is 234 g/mol. The quantitative estimate of drug-likeness (QED) is 0.566. The highest BCUT2D eigenvalue weighted by molar-refractivity contribution is 5.73. The molecule has 0 spiro atoms. The first kappa shape index (κ1) is 14.5. The zero-order valence-corrected chi connectivity index (χ0v) is 10.8. The predicted octanol–water partition coefficient (Wildman–Crippen LogP) is 2.02. The fourth-order valence-electron chi connectivity index (χ4n) is 1.89. The second kappa shape index (κ2) is 7.00. The second-order valence-electron chi connectivity index (χ2n) is 4.88. The summed E-state index contributed by atoms with van der Waals surface area (Å²) in [7, 11) is 0. The van der Waals surface area contributed by atoms with E-state index >= 15 is 0 Å². The van der Waals surface area contributed by atoms with Gasteiger partial charge in [-0.05, 0) is 25.7 Å². The molecule has 1 saturated carbocycles. The van der Waals surface area contributed by atoms with Gasteiger partial charge in [-0.2, -0.15) is 5.26 Å². The molecule has 0 radical (unpaired) electrons. The summed E-state index contributed by atoms with van der Waals surface area (Å²) in [6.45, 7) is 3.12. The highest BCUT2D eigenvalue weighted by Gasteiger charge is 2.27. The standard InChI is InChI=1S/C13H19NO4/c1-9(2)12(15)17-8-18-13(16)11-5-3-10(7-14)4-6-11/h9-11H,3-6,8H2,1-2H3/t10-,11-. The van der Waals surface area contributed by atoms with E-state index in [-0.39, 0.29) is 36.5 Å². The molecule has 1 aliphatic rings. The van der Waals surface area contributed by atoms with Crippen molar-refractivity contribution < 1.29 is 19.1 Å². The molecule has 0 aliphatic heterocycles. The first-order valence-corrected chi connectivity index (χ1v) is 6.27. The van der Waals surface area contributed by atoms with Crippen molar-refractivity contribution in [3.05, 3.63) is 0 Å². The van der Waals surface area contributed by atoms with Crippen molar-refractivity contribution in [3.8, 4) is 6.07 Å². The Hall–Kier alpha value is -1.57. The molecule has 0 unspecified atom stereocenters. The summed E-state index contributed by atoms with van der Waals surface area (Å²) in [5, 5.41) is 8.75. The first-order valence-electron chi connectivity index (χ1n) is 6.27. The maximum atomic E-state index is 11.6. The maximum Gasteiger partial charge on any atom is 0.311 e. The van der Waals surface area contributed by atoms with Crippen LogP contribution in [-0.2, 0) is 19.1 Å². The number of carbonyl (C=O) groups excluding carboxylic acids is 2. The van der Waals surface area contributed by atoms with Crippen LogP contribution in [0, 0.1) is 29.1 Å². The Balaban J connectivity index is 2.22. The average Bonchev–Trinajstić information content (AvgIpc) is 2.38. The highest BCUT2D eigenvalue weighted by Crippen LogP contribution is 2.28. The molecule has 0 heterocycles. The molecule has 1 fully saturated rings. The minimum atomic E-state index is -0.379. The molecule has 0 N–H and O–H groups in total. The van der Waals surface area contributed by atoms with Crippen molar-refractivity contribution in [3.63, 3.8) is 0 Å². The van der Waals surface area contributed by atoms with E-state index in [9.17, 15) is 9.59 Å². The van der Waals surface area contributed by atoms with Gasteiger partial charge in [-0.25, -0.2) is 0 Å². The van der Waals surface area contributed by atoms with Crippen LogP contribution in [-0.4, -0.2) is 18.7 Å².